The molecule has 0 bridgehead atoms. The van der Waals surface area contributed by atoms with Crippen molar-refractivity contribution in [3.63, 3.8) is 0 Å². The number of aryl methyl sites for hydroxylation is 1. The Bertz CT molecular complexity index is 387. The maximum atomic E-state index is 13.9. The van der Waals surface area contributed by atoms with Gasteiger partial charge in [0.2, 0.25) is 0 Å². The summed E-state index contributed by atoms with van der Waals surface area (Å²) < 4.78 is 13.9. The normalized spacial score (nSPS) is 23.0. The molecule has 1 aliphatic heterocycles. The van der Waals surface area contributed by atoms with Crippen molar-refractivity contribution >= 4 is 30.5 Å². The largest absolute Gasteiger partial charge is 0.364 e. The van der Waals surface area contributed by atoms with Crippen molar-refractivity contribution in [3.8, 4) is 0 Å². The zero-order valence-electron chi connectivity index (χ0n) is 10.9. The van der Waals surface area contributed by atoms with E-state index in [1.807, 2.05) is 19.1 Å². The van der Waals surface area contributed by atoms with Gasteiger partial charge in [-0.25, -0.2) is 4.39 Å². The van der Waals surface area contributed by atoms with Crippen LogP contribution in [0.15, 0.2) is 18.2 Å². The van der Waals surface area contributed by atoms with Crippen LogP contribution < -0.4 is 10.2 Å². The van der Waals surface area contributed by atoms with Crippen LogP contribution >= 0.6 is 24.8 Å². The summed E-state index contributed by atoms with van der Waals surface area (Å²) in [5.74, 6) is -0.110. The van der Waals surface area contributed by atoms with E-state index in [0.29, 0.717) is 12.1 Å². The van der Waals surface area contributed by atoms with Crippen LogP contribution in [-0.2, 0) is 0 Å². The Morgan fingerprint density at radius 1 is 1.28 bits per heavy atom. The molecule has 0 aromatic heterocycles. The van der Waals surface area contributed by atoms with Gasteiger partial charge in [0.05, 0.1) is 5.69 Å². The second-order valence-corrected chi connectivity index (χ2v) is 4.77. The van der Waals surface area contributed by atoms with Crippen LogP contribution in [0.25, 0.3) is 0 Å². The first kappa shape index (κ1) is 17.5. The molecule has 0 aliphatic carbocycles. The van der Waals surface area contributed by atoms with Gasteiger partial charge in [-0.2, -0.15) is 0 Å². The van der Waals surface area contributed by atoms with E-state index in [0.717, 1.165) is 24.3 Å². The van der Waals surface area contributed by atoms with E-state index in [9.17, 15) is 4.39 Å². The maximum Gasteiger partial charge on any atom is 0.146 e. The van der Waals surface area contributed by atoms with Crippen LogP contribution in [0, 0.1) is 12.7 Å². The van der Waals surface area contributed by atoms with E-state index in [1.165, 1.54) is 0 Å². The highest BCUT2D eigenvalue weighted by Gasteiger charge is 2.24. The van der Waals surface area contributed by atoms with Crippen LogP contribution in [0.5, 0.6) is 0 Å². The number of anilines is 1. The van der Waals surface area contributed by atoms with Crippen LogP contribution in [-0.4, -0.2) is 25.2 Å². The van der Waals surface area contributed by atoms with Gasteiger partial charge in [0, 0.05) is 25.2 Å². The number of rotatable bonds is 1. The Labute approximate surface area is 121 Å². The summed E-state index contributed by atoms with van der Waals surface area (Å²) in [7, 11) is 0. The average Bonchev–Trinajstić information content (AvgIpc) is 2.22. The summed E-state index contributed by atoms with van der Waals surface area (Å²) in [5, 5.41) is 3.40. The monoisotopic (exact) mass is 294 g/mol. The summed E-state index contributed by atoms with van der Waals surface area (Å²) in [5.41, 5.74) is 1.70. The summed E-state index contributed by atoms with van der Waals surface area (Å²) in [4.78, 5) is 2.15. The molecule has 1 fully saturated rings. The summed E-state index contributed by atoms with van der Waals surface area (Å²) in [6.45, 7) is 7.94. The number of nitrogens with one attached hydrogen (secondary N) is 1. The summed E-state index contributed by atoms with van der Waals surface area (Å²) >= 11 is 0. The molecule has 5 heteroatoms. The molecule has 0 radical (unpaired) electrons. The fraction of sp³-hybridized carbons (Fsp3) is 0.538. The highest BCUT2D eigenvalue weighted by atomic mass is 35.5. The molecule has 1 heterocycles. The minimum absolute atomic E-state index is 0. The zero-order chi connectivity index (χ0) is 11.7. The topological polar surface area (TPSA) is 15.3 Å². The number of halogens is 3. The average molecular weight is 295 g/mol. The Balaban J connectivity index is 0.00000144. The Morgan fingerprint density at radius 3 is 2.56 bits per heavy atom. The third-order valence-corrected chi connectivity index (χ3v) is 3.18. The molecule has 1 aromatic rings. The van der Waals surface area contributed by atoms with Crippen LogP contribution in [0.3, 0.4) is 0 Å². The van der Waals surface area contributed by atoms with E-state index in [-0.39, 0.29) is 30.6 Å². The van der Waals surface area contributed by atoms with Crippen molar-refractivity contribution in [3.05, 3.63) is 29.6 Å². The number of hydrogen-bond donors (Lipinski definition) is 1. The SMILES string of the molecule is Cc1ccc(N2C[C@H](C)NC[C@H]2C)c(F)c1.Cl.Cl. The first-order valence-electron chi connectivity index (χ1n) is 5.84. The lowest BCUT2D eigenvalue weighted by Crippen LogP contribution is -2.54. The Morgan fingerprint density at radius 2 is 1.94 bits per heavy atom. The van der Waals surface area contributed by atoms with Crippen LogP contribution in [0.4, 0.5) is 10.1 Å². The first-order valence-corrected chi connectivity index (χ1v) is 5.84. The quantitative estimate of drug-likeness (QED) is 0.856. The van der Waals surface area contributed by atoms with Gasteiger partial charge in [0.15, 0.2) is 0 Å². The van der Waals surface area contributed by atoms with E-state index < -0.39 is 0 Å². The smallest absolute Gasteiger partial charge is 0.146 e. The summed E-state index contributed by atoms with van der Waals surface area (Å²) in [6, 6.07) is 6.22. The minimum Gasteiger partial charge on any atom is -0.364 e. The molecule has 1 aromatic carbocycles. The molecule has 104 valence electrons. The van der Waals surface area contributed by atoms with Crippen LogP contribution in [0.1, 0.15) is 19.4 Å². The minimum atomic E-state index is -0.110. The fourth-order valence-corrected chi connectivity index (χ4v) is 2.20. The second kappa shape index (κ2) is 7.17. The van der Waals surface area contributed by atoms with Crippen molar-refractivity contribution in [2.24, 2.45) is 0 Å². The molecular formula is C13H21Cl2FN2. The molecule has 0 spiro atoms. The van der Waals surface area contributed by atoms with E-state index in [1.54, 1.807) is 6.07 Å². The predicted molar refractivity (Wildman–Crippen MR) is 79.9 cm³/mol. The summed E-state index contributed by atoms with van der Waals surface area (Å²) in [6.07, 6.45) is 0. The Kier molecular flexibility index (Phi) is 6.97. The van der Waals surface area contributed by atoms with E-state index in [4.69, 9.17) is 0 Å². The van der Waals surface area contributed by atoms with E-state index >= 15 is 0 Å². The van der Waals surface area contributed by atoms with Gasteiger partial charge in [-0.3, -0.25) is 0 Å². The molecule has 1 aliphatic rings. The lowest BCUT2D eigenvalue weighted by Gasteiger charge is -2.39. The third-order valence-electron chi connectivity index (χ3n) is 3.18. The second-order valence-electron chi connectivity index (χ2n) is 4.77. The van der Waals surface area contributed by atoms with E-state index in [2.05, 4.69) is 24.1 Å². The van der Waals surface area contributed by atoms with Crippen molar-refractivity contribution in [1.29, 1.82) is 0 Å². The molecule has 1 N–H and O–H groups in total. The number of hydrogen-bond acceptors (Lipinski definition) is 2. The van der Waals surface area contributed by atoms with Gasteiger partial charge >= 0.3 is 0 Å². The molecular weight excluding hydrogens is 274 g/mol. The molecule has 0 amide bonds. The van der Waals surface area contributed by atoms with Gasteiger partial charge in [-0.05, 0) is 38.5 Å². The highest BCUT2D eigenvalue weighted by molar-refractivity contribution is 5.85. The van der Waals surface area contributed by atoms with Gasteiger partial charge in [0.25, 0.3) is 0 Å². The molecule has 0 saturated carbocycles. The lowest BCUT2D eigenvalue weighted by atomic mass is 10.1. The van der Waals surface area contributed by atoms with Gasteiger partial charge in [0.1, 0.15) is 5.82 Å². The molecule has 2 rings (SSSR count). The fourth-order valence-electron chi connectivity index (χ4n) is 2.20. The van der Waals surface area contributed by atoms with Gasteiger partial charge in [-0.1, -0.05) is 6.07 Å². The first-order chi connectivity index (χ1) is 7.58. The maximum absolute atomic E-state index is 13.9. The number of nitrogens with zero attached hydrogens (tertiary/aromatic N) is 1. The number of benzene rings is 1. The van der Waals surface area contributed by atoms with Gasteiger partial charge in [-0.15, -0.1) is 24.8 Å². The van der Waals surface area contributed by atoms with Crippen molar-refractivity contribution in [1.82, 2.24) is 5.32 Å². The van der Waals surface area contributed by atoms with Crippen molar-refractivity contribution < 1.29 is 4.39 Å². The third kappa shape index (κ3) is 3.74. The highest BCUT2D eigenvalue weighted by Crippen LogP contribution is 2.24. The molecule has 2 atom stereocenters. The lowest BCUT2D eigenvalue weighted by molar-refractivity contribution is 0.420. The van der Waals surface area contributed by atoms with Crippen LogP contribution in [0.2, 0.25) is 0 Å². The predicted octanol–water partition coefficient (Wildman–Crippen LogP) is 3.16. The van der Waals surface area contributed by atoms with Crippen molar-refractivity contribution in [2.45, 2.75) is 32.9 Å². The molecule has 0 unspecified atom stereocenters. The van der Waals surface area contributed by atoms with Gasteiger partial charge < -0.3 is 10.2 Å². The molecule has 2 nitrogen and oxygen atoms in total. The zero-order valence-corrected chi connectivity index (χ0v) is 12.6. The standard InChI is InChI=1S/C13H19FN2.2ClH/c1-9-4-5-13(12(14)6-9)16-8-10(2)15-7-11(16)3;;/h4-6,10-11,15H,7-8H2,1-3H3;2*1H/t10-,11+;;/m0../s1. The Hall–Kier alpha value is -0.510. The number of piperazine rings is 1. The van der Waals surface area contributed by atoms with Crippen molar-refractivity contribution in [2.75, 3.05) is 18.0 Å². The molecule has 1 saturated heterocycles. The molecule has 18 heavy (non-hydrogen) atoms.